The van der Waals surface area contributed by atoms with Gasteiger partial charge in [-0.15, -0.1) is 0 Å². The van der Waals surface area contributed by atoms with Crippen LogP contribution in [0.15, 0.2) is 0 Å². The molecule has 0 saturated heterocycles. The molecule has 0 rings (SSSR count). The quantitative estimate of drug-likeness (QED) is 0.465. The van der Waals surface area contributed by atoms with Gasteiger partial charge in [0.1, 0.15) is 6.04 Å². The van der Waals surface area contributed by atoms with Crippen molar-refractivity contribution in [2.24, 2.45) is 0 Å². The molecule has 11 heavy (non-hydrogen) atoms. The first-order chi connectivity index (χ1) is 5.18. The standard InChI is InChI=1S/C7H16N2O2/c1-3-8-4-5-9-6(2)7(10)11/h6,8-9H,3-5H2,1-2H3,(H,10,11). The van der Waals surface area contributed by atoms with E-state index in [1.54, 1.807) is 6.92 Å². The van der Waals surface area contributed by atoms with Crippen molar-refractivity contribution < 1.29 is 9.90 Å². The molecule has 0 heterocycles. The molecule has 1 atom stereocenters. The molecule has 0 bridgehead atoms. The topological polar surface area (TPSA) is 61.4 Å². The predicted molar refractivity (Wildman–Crippen MR) is 43.6 cm³/mol. The molecule has 66 valence electrons. The Balaban J connectivity index is 3.17. The van der Waals surface area contributed by atoms with E-state index < -0.39 is 12.0 Å². The highest BCUT2D eigenvalue weighted by atomic mass is 16.4. The molecule has 0 saturated carbocycles. The van der Waals surface area contributed by atoms with Gasteiger partial charge in [-0.3, -0.25) is 4.79 Å². The third-order valence-corrected chi connectivity index (χ3v) is 1.37. The van der Waals surface area contributed by atoms with Gasteiger partial charge in [0.2, 0.25) is 0 Å². The lowest BCUT2D eigenvalue weighted by atomic mass is 10.3. The Labute approximate surface area is 67.0 Å². The Bertz CT molecular complexity index is 117. The Morgan fingerprint density at radius 3 is 2.64 bits per heavy atom. The fourth-order valence-corrected chi connectivity index (χ4v) is 0.641. The van der Waals surface area contributed by atoms with E-state index in [1.165, 1.54) is 0 Å². The smallest absolute Gasteiger partial charge is 0.320 e. The Morgan fingerprint density at radius 2 is 2.18 bits per heavy atom. The van der Waals surface area contributed by atoms with Crippen LogP contribution in [0.1, 0.15) is 13.8 Å². The van der Waals surface area contributed by atoms with Crippen LogP contribution in [0.2, 0.25) is 0 Å². The largest absolute Gasteiger partial charge is 0.480 e. The molecule has 0 amide bonds. The van der Waals surface area contributed by atoms with Crippen LogP contribution < -0.4 is 10.6 Å². The summed E-state index contributed by atoms with van der Waals surface area (Å²) >= 11 is 0. The third-order valence-electron chi connectivity index (χ3n) is 1.37. The van der Waals surface area contributed by atoms with E-state index in [0.717, 1.165) is 13.1 Å². The molecular weight excluding hydrogens is 144 g/mol. The zero-order valence-corrected chi connectivity index (χ0v) is 7.05. The Morgan fingerprint density at radius 1 is 1.55 bits per heavy atom. The number of carbonyl (C=O) groups is 1. The van der Waals surface area contributed by atoms with E-state index in [1.807, 2.05) is 6.92 Å². The van der Waals surface area contributed by atoms with Crippen molar-refractivity contribution in [1.82, 2.24) is 10.6 Å². The number of rotatable bonds is 6. The molecule has 0 aliphatic heterocycles. The average Bonchev–Trinajstić information content (AvgIpc) is 1.97. The first-order valence-corrected chi connectivity index (χ1v) is 3.85. The monoisotopic (exact) mass is 160 g/mol. The maximum absolute atomic E-state index is 10.3. The SMILES string of the molecule is CCNCCNC(C)C(=O)O. The van der Waals surface area contributed by atoms with Crippen LogP contribution in [0.4, 0.5) is 0 Å². The van der Waals surface area contributed by atoms with Crippen molar-refractivity contribution >= 4 is 5.97 Å². The summed E-state index contributed by atoms with van der Waals surface area (Å²) in [6, 6.07) is -0.450. The van der Waals surface area contributed by atoms with E-state index in [0.29, 0.717) is 6.54 Å². The molecule has 0 aliphatic rings. The fourth-order valence-electron chi connectivity index (χ4n) is 0.641. The first kappa shape index (κ1) is 10.4. The number of carboxylic acid groups (broad SMARTS) is 1. The molecule has 3 N–H and O–H groups in total. The minimum absolute atomic E-state index is 0.450. The summed E-state index contributed by atoms with van der Waals surface area (Å²) in [5, 5.41) is 14.4. The number of aliphatic carboxylic acids is 1. The number of hydrogen-bond acceptors (Lipinski definition) is 3. The van der Waals surface area contributed by atoms with E-state index in [4.69, 9.17) is 5.11 Å². The van der Waals surface area contributed by atoms with Crippen molar-refractivity contribution in [1.29, 1.82) is 0 Å². The molecular formula is C7H16N2O2. The molecule has 0 aliphatic carbocycles. The first-order valence-electron chi connectivity index (χ1n) is 3.85. The molecule has 0 fully saturated rings. The molecule has 0 aromatic rings. The summed E-state index contributed by atoms with van der Waals surface area (Å²) in [5.41, 5.74) is 0. The molecule has 0 aromatic heterocycles. The fraction of sp³-hybridized carbons (Fsp3) is 0.857. The Hall–Kier alpha value is -0.610. The van der Waals surface area contributed by atoms with Gasteiger partial charge in [0.25, 0.3) is 0 Å². The molecule has 4 heteroatoms. The zero-order chi connectivity index (χ0) is 8.69. The van der Waals surface area contributed by atoms with Gasteiger partial charge in [0, 0.05) is 13.1 Å². The van der Waals surface area contributed by atoms with Gasteiger partial charge in [0.15, 0.2) is 0 Å². The number of nitrogens with one attached hydrogen (secondary N) is 2. The number of hydrogen-bond donors (Lipinski definition) is 3. The van der Waals surface area contributed by atoms with Crippen LogP contribution >= 0.6 is 0 Å². The van der Waals surface area contributed by atoms with Crippen LogP contribution in [0, 0.1) is 0 Å². The zero-order valence-electron chi connectivity index (χ0n) is 7.05. The van der Waals surface area contributed by atoms with Crippen LogP contribution in [0.3, 0.4) is 0 Å². The van der Waals surface area contributed by atoms with Gasteiger partial charge in [0.05, 0.1) is 0 Å². The van der Waals surface area contributed by atoms with Gasteiger partial charge in [-0.05, 0) is 13.5 Å². The highest BCUT2D eigenvalue weighted by Gasteiger charge is 2.07. The second-order valence-corrected chi connectivity index (χ2v) is 2.37. The second kappa shape index (κ2) is 6.12. The lowest BCUT2D eigenvalue weighted by Gasteiger charge is -2.08. The molecule has 1 unspecified atom stereocenters. The minimum Gasteiger partial charge on any atom is -0.480 e. The second-order valence-electron chi connectivity index (χ2n) is 2.37. The van der Waals surface area contributed by atoms with E-state index in [2.05, 4.69) is 10.6 Å². The van der Waals surface area contributed by atoms with Gasteiger partial charge in [-0.1, -0.05) is 6.92 Å². The van der Waals surface area contributed by atoms with E-state index >= 15 is 0 Å². The lowest BCUT2D eigenvalue weighted by molar-refractivity contribution is -0.138. The normalized spacial score (nSPS) is 12.9. The van der Waals surface area contributed by atoms with Crippen LogP contribution in [0.5, 0.6) is 0 Å². The van der Waals surface area contributed by atoms with Crippen molar-refractivity contribution in [3.63, 3.8) is 0 Å². The highest BCUT2D eigenvalue weighted by molar-refractivity contribution is 5.72. The van der Waals surface area contributed by atoms with E-state index in [-0.39, 0.29) is 0 Å². The van der Waals surface area contributed by atoms with Crippen LogP contribution in [-0.4, -0.2) is 36.8 Å². The van der Waals surface area contributed by atoms with Crippen LogP contribution in [-0.2, 0) is 4.79 Å². The summed E-state index contributed by atoms with van der Waals surface area (Å²) in [7, 11) is 0. The summed E-state index contributed by atoms with van der Waals surface area (Å²) in [6.07, 6.45) is 0. The van der Waals surface area contributed by atoms with Crippen molar-refractivity contribution in [3.8, 4) is 0 Å². The van der Waals surface area contributed by atoms with E-state index in [9.17, 15) is 4.79 Å². The summed E-state index contributed by atoms with van der Waals surface area (Å²) in [5.74, 6) is -0.804. The highest BCUT2D eigenvalue weighted by Crippen LogP contribution is 1.78. The minimum atomic E-state index is -0.804. The number of likely N-dealkylation sites (N-methyl/N-ethyl adjacent to an activating group) is 1. The average molecular weight is 160 g/mol. The summed E-state index contributed by atoms with van der Waals surface area (Å²) in [6.45, 7) is 6.08. The van der Waals surface area contributed by atoms with Gasteiger partial charge < -0.3 is 15.7 Å². The lowest BCUT2D eigenvalue weighted by Crippen LogP contribution is -2.38. The molecule has 4 nitrogen and oxygen atoms in total. The Kier molecular flexibility index (Phi) is 5.78. The summed E-state index contributed by atoms with van der Waals surface area (Å²) < 4.78 is 0. The van der Waals surface area contributed by atoms with Gasteiger partial charge in [-0.2, -0.15) is 0 Å². The maximum Gasteiger partial charge on any atom is 0.320 e. The van der Waals surface area contributed by atoms with Crippen LogP contribution in [0.25, 0.3) is 0 Å². The third kappa shape index (κ3) is 5.82. The van der Waals surface area contributed by atoms with Gasteiger partial charge >= 0.3 is 5.97 Å². The predicted octanol–water partition coefficient (Wildman–Crippen LogP) is -0.341. The summed E-state index contributed by atoms with van der Waals surface area (Å²) in [4.78, 5) is 10.3. The maximum atomic E-state index is 10.3. The molecule has 0 radical (unpaired) electrons. The molecule has 0 aromatic carbocycles. The van der Waals surface area contributed by atoms with Crippen molar-refractivity contribution in [2.45, 2.75) is 19.9 Å². The van der Waals surface area contributed by atoms with Crippen molar-refractivity contribution in [2.75, 3.05) is 19.6 Å². The van der Waals surface area contributed by atoms with Gasteiger partial charge in [-0.25, -0.2) is 0 Å². The van der Waals surface area contributed by atoms with Crippen molar-refractivity contribution in [3.05, 3.63) is 0 Å². The number of carboxylic acids is 1. The molecule has 0 spiro atoms.